The number of nitrogens with one attached hydrogen (secondary N) is 1. The smallest absolute Gasteiger partial charge is 0.396 e. The topological polar surface area (TPSA) is 76.8 Å². The first kappa shape index (κ1) is 23.6. The standard InChI is InChI=1S/C25H27F4N3O4/c26-18-10-16(1-2-19(18)35-17-8-14-7-15(14)9-17)30-22(33)21-20(11-25(27,28)29)36-23(31-21)32-12-24(13-32)3-5-34-6-4-24/h1-2,10,14-15,17H,3-9,11-13H2,(H,30,33). The highest BCUT2D eigenvalue weighted by Crippen LogP contribution is 2.52. The molecule has 1 N–H and O–H groups in total. The van der Waals surface area contributed by atoms with Gasteiger partial charge in [0.05, 0.1) is 6.10 Å². The zero-order chi connectivity index (χ0) is 25.1. The summed E-state index contributed by atoms with van der Waals surface area (Å²) >= 11 is 0. The molecule has 194 valence electrons. The number of oxazole rings is 1. The molecule has 4 fully saturated rings. The molecular weight excluding hydrogens is 482 g/mol. The van der Waals surface area contributed by atoms with Crippen LogP contribution in [0.4, 0.5) is 29.3 Å². The fourth-order valence-electron chi connectivity index (χ4n) is 5.77. The maximum atomic E-state index is 14.6. The number of anilines is 2. The molecule has 0 bridgehead atoms. The fourth-order valence-corrected chi connectivity index (χ4v) is 5.77. The predicted octanol–water partition coefficient (Wildman–Crippen LogP) is 4.96. The van der Waals surface area contributed by atoms with Crippen LogP contribution in [0.5, 0.6) is 5.75 Å². The summed E-state index contributed by atoms with van der Waals surface area (Å²) in [4.78, 5) is 18.7. The molecule has 1 aromatic heterocycles. The van der Waals surface area contributed by atoms with Crippen LogP contribution in [0.2, 0.25) is 0 Å². The number of benzene rings is 1. The van der Waals surface area contributed by atoms with Crippen LogP contribution in [0, 0.1) is 23.1 Å². The van der Waals surface area contributed by atoms with E-state index in [2.05, 4.69) is 10.3 Å². The Hall–Kier alpha value is -2.82. The van der Waals surface area contributed by atoms with Crippen molar-refractivity contribution in [2.75, 3.05) is 36.5 Å². The molecule has 4 aliphatic rings. The van der Waals surface area contributed by atoms with Crippen molar-refractivity contribution in [2.24, 2.45) is 17.3 Å². The third-order valence-electron chi connectivity index (χ3n) is 7.82. The highest BCUT2D eigenvalue weighted by atomic mass is 19.4. The Kier molecular flexibility index (Phi) is 5.66. The number of alkyl halides is 3. The molecule has 1 spiro atoms. The van der Waals surface area contributed by atoms with Gasteiger partial charge in [0.1, 0.15) is 12.2 Å². The van der Waals surface area contributed by atoms with Gasteiger partial charge in [0.25, 0.3) is 11.9 Å². The molecule has 2 unspecified atom stereocenters. The van der Waals surface area contributed by atoms with Crippen molar-refractivity contribution in [2.45, 2.75) is 50.8 Å². The Bertz CT molecular complexity index is 1140. The number of carbonyl (C=O) groups excluding carboxylic acids is 1. The fraction of sp³-hybridized carbons (Fsp3) is 0.600. The Morgan fingerprint density at radius 2 is 1.89 bits per heavy atom. The van der Waals surface area contributed by atoms with Crippen LogP contribution in [0.15, 0.2) is 22.6 Å². The molecule has 6 rings (SSSR count). The van der Waals surface area contributed by atoms with Gasteiger partial charge < -0.3 is 24.1 Å². The van der Waals surface area contributed by atoms with E-state index in [9.17, 15) is 22.4 Å². The average molecular weight is 510 g/mol. The second kappa shape index (κ2) is 8.64. The van der Waals surface area contributed by atoms with E-state index in [1.54, 1.807) is 4.90 Å². The van der Waals surface area contributed by atoms with Crippen LogP contribution in [-0.4, -0.2) is 49.5 Å². The predicted molar refractivity (Wildman–Crippen MR) is 121 cm³/mol. The summed E-state index contributed by atoms with van der Waals surface area (Å²) in [5.74, 6) is -0.632. The van der Waals surface area contributed by atoms with Crippen LogP contribution in [-0.2, 0) is 11.2 Å². The summed E-state index contributed by atoms with van der Waals surface area (Å²) in [7, 11) is 0. The van der Waals surface area contributed by atoms with Gasteiger partial charge in [-0.25, -0.2) is 4.39 Å². The van der Waals surface area contributed by atoms with E-state index in [1.807, 2.05) is 0 Å². The van der Waals surface area contributed by atoms with Gasteiger partial charge in [-0.2, -0.15) is 18.2 Å². The van der Waals surface area contributed by atoms with Crippen molar-refractivity contribution < 1.29 is 36.2 Å². The van der Waals surface area contributed by atoms with E-state index in [4.69, 9.17) is 13.9 Å². The zero-order valence-electron chi connectivity index (χ0n) is 19.6. The quantitative estimate of drug-likeness (QED) is 0.555. The number of rotatable bonds is 6. The lowest BCUT2D eigenvalue weighted by Gasteiger charge is -2.51. The highest BCUT2D eigenvalue weighted by molar-refractivity contribution is 6.03. The van der Waals surface area contributed by atoms with Gasteiger partial charge in [-0.15, -0.1) is 0 Å². The van der Waals surface area contributed by atoms with Gasteiger partial charge in [0.15, 0.2) is 17.3 Å². The van der Waals surface area contributed by atoms with E-state index in [0.29, 0.717) is 38.1 Å². The number of carbonyl (C=O) groups is 1. The van der Waals surface area contributed by atoms with Gasteiger partial charge in [0.2, 0.25) is 0 Å². The van der Waals surface area contributed by atoms with Crippen molar-refractivity contribution in [1.29, 1.82) is 0 Å². The maximum absolute atomic E-state index is 14.6. The molecule has 2 saturated carbocycles. The van der Waals surface area contributed by atoms with Crippen LogP contribution in [0.25, 0.3) is 0 Å². The van der Waals surface area contributed by atoms with Gasteiger partial charge in [-0.1, -0.05) is 0 Å². The molecular formula is C25H27F4N3O4. The molecule has 7 nitrogen and oxygen atoms in total. The molecule has 2 aliphatic heterocycles. The number of fused-ring (bicyclic) bond motifs is 1. The summed E-state index contributed by atoms with van der Waals surface area (Å²) in [5, 5.41) is 2.45. The van der Waals surface area contributed by atoms with E-state index in [1.165, 1.54) is 18.6 Å². The molecule has 2 aromatic rings. The zero-order valence-corrected chi connectivity index (χ0v) is 19.6. The maximum Gasteiger partial charge on any atom is 0.396 e. The van der Waals surface area contributed by atoms with E-state index in [0.717, 1.165) is 31.7 Å². The number of aromatic nitrogens is 1. The third kappa shape index (κ3) is 4.77. The Labute approximate surface area is 205 Å². The Balaban J connectivity index is 1.15. The number of amides is 1. The molecule has 1 amide bonds. The van der Waals surface area contributed by atoms with Gasteiger partial charge in [0, 0.05) is 43.5 Å². The average Bonchev–Trinajstić information content (AvgIpc) is 3.20. The van der Waals surface area contributed by atoms with Crippen molar-refractivity contribution in [3.8, 4) is 5.75 Å². The van der Waals surface area contributed by atoms with Crippen LogP contribution in [0.1, 0.15) is 48.4 Å². The third-order valence-corrected chi connectivity index (χ3v) is 7.82. The molecule has 2 aliphatic carbocycles. The van der Waals surface area contributed by atoms with Gasteiger partial charge >= 0.3 is 6.18 Å². The summed E-state index contributed by atoms with van der Waals surface area (Å²) in [5.41, 5.74) is -0.326. The van der Waals surface area contributed by atoms with E-state index in [-0.39, 0.29) is 29.0 Å². The first-order valence-electron chi connectivity index (χ1n) is 12.3. The number of hydrogen-bond donors (Lipinski definition) is 1. The van der Waals surface area contributed by atoms with E-state index < -0.39 is 35.8 Å². The Morgan fingerprint density at radius 1 is 1.17 bits per heavy atom. The lowest BCUT2D eigenvalue weighted by molar-refractivity contribution is -0.130. The minimum atomic E-state index is -4.59. The normalized spacial score (nSPS) is 26.4. The molecule has 2 atom stereocenters. The van der Waals surface area contributed by atoms with Crippen molar-refractivity contribution in [3.63, 3.8) is 0 Å². The molecule has 11 heteroatoms. The summed E-state index contributed by atoms with van der Waals surface area (Å²) in [6, 6.07) is 3.96. The molecule has 3 heterocycles. The van der Waals surface area contributed by atoms with Gasteiger partial charge in [-0.05, 0) is 56.1 Å². The van der Waals surface area contributed by atoms with Crippen LogP contribution < -0.4 is 15.0 Å². The number of ether oxygens (including phenoxy) is 2. The van der Waals surface area contributed by atoms with Crippen LogP contribution >= 0.6 is 0 Å². The number of halogens is 4. The highest BCUT2D eigenvalue weighted by Gasteiger charge is 2.47. The van der Waals surface area contributed by atoms with Crippen molar-refractivity contribution >= 4 is 17.6 Å². The van der Waals surface area contributed by atoms with Crippen molar-refractivity contribution in [3.05, 3.63) is 35.5 Å². The largest absolute Gasteiger partial charge is 0.487 e. The molecule has 2 saturated heterocycles. The summed E-state index contributed by atoms with van der Waals surface area (Å²) in [6.45, 7) is 2.46. The summed E-state index contributed by atoms with van der Waals surface area (Å²) < 4.78 is 70.8. The van der Waals surface area contributed by atoms with Crippen molar-refractivity contribution in [1.82, 2.24) is 4.98 Å². The minimum Gasteiger partial charge on any atom is -0.487 e. The minimum absolute atomic E-state index is 0.0102. The second-order valence-corrected chi connectivity index (χ2v) is 10.6. The Morgan fingerprint density at radius 3 is 2.56 bits per heavy atom. The monoisotopic (exact) mass is 509 g/mol. The van der Waals surface area contributed by atoms with E-state index >= 15 is 0 Å². The van der Waals surface area contributed by atoms with Crippen LogP contribution in [0.3, 0.4) is 0 Å². The SMILES string of the molecule is O=C(Nc1ccc(OC2CC3CC3C2)c(F)c1)c1nc(N2CC3(CCOCC3)C2)oc1CC(F)(F)F. The number of nitrogens with zero attached hydrogens (tertiary/aromatic N) is 2. The number of hydrogen-bond acceptors (Lipinski definition) is 6. The molecule has 1 aromatic carbocycles. The molecule has 0 radical (unpaired) electrons. The summed E-state index contributed by atoms with van der Waals surface area (Å²) in [6.07, 6.45) is -1.24. The lowest BCUT2D eigenvalue weighted by atomic mass is 9.74. The molecule has 36 heavy (non-hydrogen) atoms. The second-order valence-electron chi connectivity index (χ2n) is 10.6. The first-order valence-corrected chi connectivity index (χ1v) is 12.3. The van der Waals surface area contributed by atoms with Gasteiger partial charge in [-0.3, -0.25) is 4.79 Å². The lowest BCUT2D eigenvalue weighted by Crippen LogP contribution is -2.58. The first-order chi connectivity index (χ1) is 17.2.